The Bertz CT molecular complexity index is 553. The van der Waals surface area contributed by atoms with Crippen LogP contribution in [-0.2, 0) is 4.79 Å². The van der Waals surface area contributed by atoms with Gasteiger partial charge in [0.05, 0.1) is 0 Å². The minimum atomic E-state index is -0.468. The van der Waals surface area contributed by atoms with Gasteiger partial charge < -0.3 is 10.1 Å². The van der Waals surface area contributed by atoms with Gasteiger partial charge in [0.15, 0.2) is 6.10 Å². The van der Waals surface area contributed by atoms with Gasteiger partial charge in [0.25, 0.3) is 5.91 Å². The molecule has 1 aliphatic carbocycles. The normalized spacial score (nSPS) is 16.7. The summed E-state index contributed by atoms with van der Waals surface area (Å²) in [5.74, 6) is 1.77. The lowest BCUT2D eigenvalue weighted by Crippen LogP contribution is -2.37. The maximum atomic E-state index is 12.2. The Hall–Kier alpha value is -1.16. The van der Waals surface area contributed by atoms with E-state index in [9.17, 15) is 4.79 Å². The number of aryl methyl sites for hydroxylation is 2. The van der Waals surface area contributed by atoms with Gasteiger partial charge in [-0.15, -0.1) is 0 Å². The molecule has 2 rings (SSSR count). The van der Waals surface area contributed by atoms with E-state index >= 15 is 0 Å². The van der Waals surface area contributed by atoms with E-state index in [2.05, 4.69) is 18.3 Å². The molecule has 0 bridgehead atoms. The quantitative estimate of drug-likeness (QED) is 0.733. The Labute approximate surface area is 150 Å². The van der Waals surface area contributed by atoms with Crippen LogP contribution in [0.3, 0.4) is 0 Å². The minimum absolute atomic E-state index is 0.0298. The summed E-state index contributed by atoms with van der Waals surface area (Å²) in [6, 6.07) is 4.14. The summed E-state index contributed by atoms with van der Waals surface area (Å²) >= 11 is 2.01. The third kappa shape index (κ3) is 5.73. The first-order chi connectivity index (χ1) is 11.5. The van der Waals surface area contributed by atoms with E-state index < -0.39 is 6.10 Å². The Balaban J connectivity index is 1.74. The number of carbonyl (C=O) groups is 1. The fraction of sp³-hybridized carbons (Fsp3) is 0.650. The predicted octanol–water partition coefficient (Wildman–Crippen LogP) is 4.56. The van der Waals surface area contributed by atoms with Crippen molar-refractivity contribution in [3.8, 4) is 5.75 Å². The van der Waals surface area contributed by atoms with Crippen molar-refractivity contribution < 1.29 is 9.53 Å². The summed E-state index contributed by atoms with van der Waals surface area (Å²) in [4.78, 5) is 12.2. The van der Waals surface area contributed by atoms with Crippen LogP contribution < -0.4 is 10.1 Å². The van der Waals surface area contributed by atoms with E-state index in [-0.39, 0.29) is 5.91 Å². The molecule has 134 valence electrons. The van der Waals surface area contributed by atoms with Crippen LogP contribution in [0.1, 0.15) is 55.7 Å². The molecule has 1 fully saturated rings. The molecule has 3 nitrogen and oxygen atoms in total. The highest BCUT2D eigenvalue weighted by Crippen LogP contribution is 2.28. The number of hydrogen-bond acceptors (Lipinski definition) is 3. The summed E-state index contributed by atoms with van der Waals surface area (Å²) < 4.78 is 5.90. The highest BCUT2D eigenvalue weighted by atomic mass is 32.2. The molecule has 4 heteroatoms. The molecule has 0 unspecified atom stereocenters. The van der Waals surface area contributed by atoms with Crippen LogP contribution in [0.25, 0.3) is 0 Å². The van der Waals surface area contributed by atoms with Crippen molar-refractivity contribution in [2.24, 2.45) is 0 Å². The summed E-state index contributed by atoms with van der Waals surface area (Å²) in [5.41, 5.74) is 3.46. The average Bonchev–Trinajstić information content (AvgIpc) is 2.56. The number of carbonyl (C=O) groups excluding carboxylic acids is 1. The lowest BCUT2D eigenvalue weighted by molar-refractivity contribution is -0.127. The number of nitrogens with one attached hydrogen (secondary N) is 1. The monoisotopic (exact) mass is 349 g/mol. The average molecular weight is 350 g/mol. The van der Waals surface area contributed by atoms with Crippen LogP contribution >= 0.6 is 11.8 Å². The molecule has 1 amide bonds. The molecule has 1 aromatic rings. The van der Waals surface area contributed by atoms with Gasteiger partial charge in [0.1, 0.15) is 5.75 Å². The number of thioether (sulfide) groups is 1. The predicted molar refractivity (Wildman–Crippen MR) is 103 cm³/mol. The van der Waals surface area contributed by atoms with E-state index in [4.69, 9.17) is 4.74 Å². The molecular weight excluding hydrogens is 318 g/mol. The van der Waals surface area contributed by atoms with Crippen molar-refractivity contribution >= 4 is 17.7 Å². The first kappa shape index (κ1) is 19.2. The zero-order valence-electron chi connectivity index (χ0n) is 15.5. The van der Waals surface area contributed by atoms with Gasteiger partial charge in [-0.1, -0.05) is 25.3 Å². The highest BCUT2D eigenvalue weighted by Gasteiger charge is 2.17. The second-order valence-electron chi connectivity index (χ2n) is 6.89. The zero-order valence-corrected chi connectivity index (χ0v) is 16.3. The van der Waals surface area contributed by atoms with E-state index in [0.29, 0.717) is 0 Å². The van der Waals surface area contributed by atoms with Crippen molar-refractivity contribution in [3.05, 3.63) is 28.8 Å². The molecule has 24 heavy (non-hydrogen) atoms. The van der Waals surface area contributed by atoms with Crippen LogP contribution in [-0.4, -0.2) is 29.6 Å². The Morgan fingerprint density at radius 3 is 2.67 bits per heavy atom. The Morgan fingerprint density at radius 1 is 1.25 bits per heavy atom. The fourth-order valence-electron chi connectivity index (χ4n) is 3.14. The van der Waals surface area contributed by atoms with Crippen molar-refractivity contribution in [1.29, 1.82) is 0 Å². The lowest BCUT2D eigenvalue weighted by Gasteiger charge is -2.21. The van der Waals surface area contributed by atoms with E-state index in [1.807, 2.05) is 38.6 Å². The number of rotatable bonds is 7. The van der Waals surface area contributed by atoms with Gasteiger partial charge in [0, 0.05) is 17.5 Å². The first-order valence-electron chi connectivity index (χ1n) is 9.11. The number of ether oxygens (including phenoxy) is 1. The highest BCUT2D eigenvalue weighted by molar-refractivity contribution is 7.99. The van der Waals surface area contributed by atoms with Crippen LogP contribution in [0.4, 0.5) is 0 Å². The summed E-state index contributed by atoms with van der Waals surface area (Å²) in [6.07, 6.45) is 6.33. The SMILES string of the molecule is Cc1cc(C)c(C)c(O[C@H](C)C(=O)NCCSC2CCCCC2)c1. The Morgan fingerprint density at radius 2 is 1.96 bits per heavy atom. The van der Waals surface area contributed by atoms with Gasteiger partial charge in [-0.2, -0.15) is 11.8 Å². The second kappa shape index (κ2) is 9.36. The summed E-state index contributed by atoms with van der Waals surface area (Å²) in [5, 5.41) is 3.80. The van der Waals surface area contributed by atoms with Crippen molar-refractivity contribution in [3.63, 3.8) is 0 Å². The molecular formula is C20H31NO2S. The molecule has 0 spiro atoms. The molecule has 1 N–H and O–H groups in total. The summed E-state index contributed by atoms with van der Waals surface area (Å²) in [7, 11) is 0. The second-order valence-corrected chi connectivity index (χ2v) is 8.30. The standard InChI is InChI=1S/C20H31NO2S/c1-14-12-15(2)16(3)19(13-14)23-17(4)20(22)21-10-11-24-18-8-6-5-7-9-18/h12-13,17-18H,5-11H2,1-4H3,(H,21,22)/t17-/m1/s1. The minimum Gasteiger partial charge on any atom is -0.481 e. The molecule has 0 heterocycles. The largest absolute Gasteiger partial charge is 0.481 e. The van der Waals surface area contributed by atoms with Crippen LogP contribution in [0, 0.1) is 20.8 Å². The molecule has 1 atom stereocenters. The van der Waals surface area contributed by atoms with Gasteiger partial charge >= 0.3 is 0 Å². The molecule has 1 aromatic carbocycles. The number of amides is 1. The van der Waals surface area contributed by atoms with Crippen molar-refractivity contribution in [2.45, 2.75) is 71.2 Å². The van der Waals surface area contributed by atoms with Gasteiger partial charge in [0.2, 0.25) is 0 Å². The third-order valence-corrected chi connectivity index (χ3v) is 6.13. The molecule has 1 aliphatic rings. The topological polar surface area (TPSA) is 38.3 Å². The maximum Gasteiger partial charge on any atom is 0.260 e. The van der Waals surface area contributed by atoms with E-state index in [0.717, 1.165) is 34.4 Å². The zero-order chi connectivity index (χ0) is 17.5. The molecule has 0 aromatic heterocycles. The van der Waals surface area contributed by atoms with Crippen LogP contribution in [0.5, 0.6) is 5.75 Å². The molecule has 0 radical (unpaired) electrons. The van der Waals surface area contributed by atoms with Crippen molar-refractivity contribution in [1.82, 2.24) is 5.32 Å². The smallest absolute Gasteiger partial charge is 0.260 e. The van der Waals surface area contributed by atoms with Gasteiger partial charge in [-0.25, -0.2) is 0 Å². The number of benzene rings is 1. The van der Waals surface area contributed by atoms with Gasteiger partial charge in [-0.05, 0) is 63.3 Å². The molecule has 0 saturated heterocycles. The van der Waals surface area contributed by atoms with Crippen molar-refractivity contribution in [2.75, 3.05) is 12.3 Å². The first-order valence-corrected chi connectivity index (χ1v) is 10.2. The number of hydrogen-bond donors (Lipinski definition) is 1. The van der Waals surface area contributed by atoms with Crippen LogP contribution in [0.2, 0.25) is 0 Å². The fourth-order valence-corrected chi connectivity index (χ4v) is 4.36. The maximum absolute atomic E-state index is 12.2. The molecule has 0 aliphatic heterocycles. The summed E-state index contributed by atoms with van der Waals surface area (Å²) in [6.45, 7) is 8.70. The Kier molecular flexibility index (Phi) is 7.47. The third-order valence-electron chi connectivity index (χ3n) is 4.74. The van der Waals surface area contributed by atoms with Crippen LogP contribution in [0.15, 0.2) is 12.1 Å². The van der Waals surface area contributed by atoms with E-state index in [1.54, 1.807) is 0 Å². The lowest BCUT2D eigenvalue weighted by atomic mass is 10.0. The molecule has 1 saturated carbocycles. The van der Waals surface area contributed by atoms with E-state index in [1.165, 1.54) is 37.7 Å². The van der Waals surface area contributed by atoms with Gasteiger partial charge in [-0.3, -0.25) is 4.79 Å².